The SMILES string of the molecule is CC[C@@H]1[C@H](C(=O)O)CC(=O)N1c1ccccc1. The van der Waals surface area contributed by atoms with Crippen LogP contribution in [0.1, 0.15) is 19.8 Å². The van der Waals surface area contributed by atoms with Gasteiger partial charge < -0.3 is 10.0 Å². The van der Waals surface area contributed by atoms with Crippen LogP contribution in [0.2, 0.25) is 0 Å². The van der Waals surface area contributed by atoms with E-state index < -0.39 is 11.9 Å². The molecule has 1 fully saturated rings. The minimum absolute atomic E-state index is 0.0999. The molecule has 1 aromatic rings. The second-order valence-electron chi connectivity index (χ2n) is 4.22. The molecule has 2 atom stereocenters. The number of benzene rings is 1. The molecule has 0 bridgehead atoms. The molecule has 1 aliphatic heterocycles. The van der Waals surface area contributed by atoms with Crippen molar-refractivity contribution in [2.24, 2.45) is 5.92 Å². The predicted octanol–water partition coefficient (Wildman–Crippen LogP) is 1.90. The Morgan fingerprint density at radius 3 is 2.59 bits per heavy atom. The van der Waals surface area contributed by atoms with Crippen LogP contribution in [0.25, 0.3) is 0 Å². The molecule has 0 saturated carbocycles. The molecule has 0 aliphatic carbocycles. The number of carbonyl (C=O) groups excluding carboxylic acids is 1. The van der Waals surface area contributed by atoms with Crippen molar-refractivity contribution in [2.75, 3.05) is 4.90 Å². The summed E-state index contributed by atoms with van der Waals surface area (Å²) in [4.78, 5) is 24.7. The molecule has 1 aromatic carbocycles. The van der Waals surface area contributed by atoms with Crippen LogP contribution in [0.5, 0.6) is 0 Å². The number of para-hydroxylation sites is 1. The molecule has 1 heterocycles. The Labute approximate surface area is 99.9 Å². The van der Waals surface area contributed by atoms with Crippen LogP contribution in [0.4, 0.5) is 5.69 Å². The van der Waals surface area contributed by atoms with Crippen molar-refractivity contribution in [2.45, 2.75) is 25.8 Å². The van der Waals surface area contributed by atoms with E-state index in [9.17, 15) is 9.59 Å². The summed E-state index contributed by atoms with van der Waals surface area (Å²) in [5.74, 6) is -1.58. The number of carbonyl (C=O) groups is 2. The predicted molar refractivity (Wildman–Crippen MR) is 63.7 cm³/mol. The highest BCUT2D eigenvalue weighted by Gasteiger charge is 2.43. The van der Waals surface area contributed by atoms with Crippen LogP contribution in [-0.2, 0) is 9.59 Å². The Morgan fingerprint density at radius 2 is 2.06 bits per heavy atom. The lowest BCUT2D eigenvalue weighted by Gasteiger charge is -2.25. The molecule has 4 nitrogen and oxygen atoms in total. The van der Waals surface area contributed by atoms with Gasteiger partial charge in [-0.2, -0.15) is 0 Å². The zero-order chi connectivity index (χ0) is 12.4. The fourth-order valence-electron chi connectivity index (χ4n) is 2.43. The van der Waals surface area contributed by atoms with E-state index in [1.807, 2.05) is 37.3 Å². The van der Waals surface area contributed by atoms with Crippen molar-refractivity contribution >= 4 is 17.6 Å². The molecule has 1 saturated heterocycles. The van der Waals surface area contributed by atoms with Gasteiger partial charge in [-0.15, -0.1) is 0 Å². The molecular weight excluding hydrogens is 218 g/mol. The molecule has 1 aliphatic rings. The Morgan fingerprint density at radius 1 is 1.41 bits per heavy atom. The Kier molecular flexibility index (Phi) is 3.13. The monoisotopic (exact) mass is 233 g/mol. The van der Waals surface area contributed by atoms with Gasteiger partial charge in [-0.25, -0.2) is 0 Å². The minimum atomic E-state index is -0.886. The first-order chi connectivity index (χ1) is 8.15. The largest absolute Gasteiger partial charge is 0.481 e. The highest BCUT2D eigenvalue weighted by molar-refractivity contribution is 6.00. The number of anilines is 1. The number of nitrogens with zero attached hydrogens (tertiary/aromatic N) is 1. The van der Waals surface area contributed by atoms with Crippen molar-refractivity contribution in [3.63, 3.8) is 0 Å². The smallest absolute Gasteiger partial charge is 0.309 e. The van der Waals surface area contributed by atoms with E-state index in [0.717, 1.165) is 5.69 Å². The molecule has 0 aromatic heterocycles. The third kappa shape index (κ3) is 2.02. The third-order valence-electron chi connectivity index (χ3n) is 3.23. The quantitative estimate of drug-likeness (QED) is 0.867. The summed E-state index contributed by atoms with van der Waals surface area (Å²) >= 11 is 0. The Hall–Kier alpha value is -1.84. The van der Waals surface area contributed by atoms with Crippen LogP contribution in [-0.4, -0.2) is 23.0 Å². The van der Waals surface area contributed by atoms with E-state index in [0.29, 0.717) is 6.42 Å². The van der Waals surface area contributed by atoms with E-state index in [4.69, 9.17) is 5.11 Å². The average molecular weight is 233 g/mol. The molecule has 1 N–H and O–H groups in total. The fourth-order valence-corrected chi connectivity index (χ4v) is 2.43. The van der Waals surface area contributed by atoms with Crippen LogP contribution in [0.3, 0.4) is 0 Å². The van der Waals surface area contributed by atoms with Gasteiger partial charge in [0.05, 0.1) is 12.0 Å². The summed E-state index contributed by atoms with van der Waals surface area (Å²) in [6.45, 7) is 1.91. The number of aliphatic carboxylic acids is 1. The number of hydrogen-bond donors (Lipinski definition) is 1. The molecule has 0 spiro atoms. The van der Waals surface area contributed by atoms with Gasteiger partial charge in [-0.05, 0) is 18.6 Å². The molecular formula is C13H15NO3. The van der Waals surface area contributed by atoms with Gasteiger partial charge >= 0.3 is 5.97 Å². The fraction of sp³-hybridized carbons (Fsp3) is 0.385. The molecule has 17 heavy (non-hydrogen) atoms. The van der Waals surface area contributed by atoms with Crippen molar-refractivity contribution in [1.82, 2.24) is 0 Å². The maximum absolute atomic E-state index is 11.9. The highest BCUT2D eigenvalue weighted by Crippen LogP contribution is 2.32. The minimum Gasteiger partial charge on any atom is -0.481 e. The lowest BCUT2D eigenvalue weighted by Crippen LogP contribution is -2.36. The summed E-state index contributed by atoms with van der Waals surface area (Å²) in [5.41, 5.74) is 0.785. The first kappa shape index (κ1) is 11.6. The molecule has 0 radical (unpaired) electrons. The average Bonchev–Trinajstić information content (AvgIpc) is 2.67. The highest BCUT2D eigenvalue weighted by atomic mass is 16.4. The molecule has 2 rings (SSSR count). The second kappa shape index (κ2) is 4.57. The third-order valence-corrected chi connectivity index (χ3v) is 3.23. The van der Waals surface area contributed by atoms with Crippen LogP contribution in [0.15, 0.2) is 30.3 Å². The van der Waals surface area contributed by atoms with Crippen molar-refractivity contribution < 1.29 is 14.7 Å². The summed E-state index contributed by atoms with van der Waals surface area (Å²) in [7, 11) is 0. The zero-order valence-electron chi connectivity index (χ0n) is 9.67. The summed E-state index contributed by atoms with van der Waals surface area (Å²) in [6, 6.07) is 9.02. The standard InChI is InChI=1S/C13H15NO3/c1-2-11-10(13(16)17)8-12(15)14(11)9-6-4-3-5-7-9/h3-7,10-11H,2,8H2,1H3,(H,16,17)/t10-,11-/m1/s1. The molecule has 0 unspecified atom stereocenters. The van der Waals surface area contributed by atoms with E-state index in [1.165, 1.54) is 0 Å². The second-order valence-corrected chi connectivity index (χ2v) is 4.22. The molecule has 90 valence electrons. The first-order valence-corrected chi connectivity index (χ1v) is 5.75. The van der Waals surface area contributed by atoms with Gasteiger partial charge in [0, 0.05) is 12.1 Å². The molecule has 4 heteroatoms. The normalized spacial score (nSPS) is 24.1. The maximum Gasteiger partial charge on any atom is 0.309 e. The topological polar surface area (TPSA) is 57.6 Å². The zero-order valence-corrected chi connectivity index (χ0v) is 9.67. The van der Waals surface area contributed by atoms with Crippen molar-refractivity contribution in [3.8, 4) is 0 Å². The van der Waals surface area contributed by atoms with E-state index in [1.54, 1.807) is 4.90 Å². The van der Waals surface area contributed by atoms with Gasteiger partial charge in [0.15, 0.2) is 0 Å². The number of amides is 1. The summed E-state index contributed by atoms with van der Waals surface area (Å²) in [6.07, 6.45) is 0.750. The van der Waals surface area contributed by atoms with Gasteiger partial charge in [-0.3, -0.25) is 9.59 Å². The lowest BCUT2D eigenvalue weighted by atomic mass is 9.98. The number of carboxylic acids is 1. The number of hydrogen-bond acceptors (Lipinski definition) is 2. The van der Waals surface area contributed by atoms with E-state index >= 15 is 0 Å². The first-order valence-electron chi connectivity index (χ1n) is 5.75. The maximum atomic E-state index is 11.9. The van der Waals surface area contributed by atoms with Gasteiger partial charge in [0.25, 0.3) is 0 Å². The van der Waals surface area contributed by atoms with E-state index in [2.05, 4.69) is 0 Å². The summed E-state index contributed by atoms with van der Waals surface area (Å²) < 4.78 is 0. The molecule has 1 amide bonds. The van der Waals surface area contributed by atoms with Crippen LogP contribution < -0.4 is 4.90 Å². The Bertz CT molecular complexity index is 430. The van der Waals surface area contributed by atoms with E-state index in [-0.39, 0.29) is 18.4 Å². The van der Waals surface area contributed by atoms with Gasteiger partial charge in [0.2, 0.25) is 5.91 Å². The lowest BCUT2D eigenvalue weighted by molar-refractivity contribution is -0.142. The van der Waals surface area contributed by atoms with Gasteiger partial charge in [0.1, 0.15) is 0 Å². The Balaban J connectivity index is 2.34. The number of rotatable bonds is 3. The van der Waals surface area contributed by atoms with Crippen molar-refractivity contribution in [1.29, 1.82) is 0 Å². The number of carboxylic acid groups (broad SMARTS) is 1. The summed E-state index contributed by atoms with van der Waals surface area (Å²) in [5, 5.41) is 9.12. The van der Waals surface area contributed by atoms with Crippen LogP contribution >= 0.6 is 0 Å². The van der Waals surface area contributed by atoms with Crippen molar-refractivity contribution in [3.05, 3.63) is 30.3 Å². The van der Waals surface area contributed by atoms with Gasteiger partial charge in [-0.1, -0.05) is 25.1 Å². The van der Waals surface area contributed by atoms with Crippen LogP contribution in [0, 0.1) is 5.92 Å².